The van der Waals surface area contributed by atoms with Gasteiger partial charge in [0, 0.05) is 38.3 Å². The van der Waals surface area contributed by atoms with Gasteiger partial charge < -0.3 is 24.6 Å². The number of guanidine groups is 1. The van der Waals surface area contributed by atoms with Gasteiger partial charge in [-0.1, -0.05) is 19.9 Å². The summed E-state index contributed by atoms with van der Waals surface area (Å²) in [6, 6.07) is 6.09. The van der Waals surface area contributed by atoms with Gasteiger partial charge in [0.05, 0.1) is 18.4 Å². The Hall–Kier alpha value is -3.23. The van der Waals surface area contributed by atoms with E-state index >= 15 is 0 Å². The number of ether oxygens (including phenoxy) is 2. The first-order valence-electron chi connectivity index (χ1n) is 11.1. The number of rotatable bonds is 5. The lowest BCUT2D eigenvalue weighted by molar-refractivity contribution is -0.120. The summed E-state index contributed by atoms with van der Waals surface area (Å²) in [5.41, 5.74) is 1.76. The zero-order valence-corrected chi connectivity index (χ0v) is 19.3. The van der Waals surface area contributed by atoms with Crippen LogP contribution >= 0.6 is 0 Å². The molecular formula is C23H32N6O3. The van der Waals surface area contributed by atoms with Crippen molar-refractivity contribution in [3.63, 3.8) is 0 Å². The van der Waals surface area contributed by atoms with Gasteiger partial charge in [-0.3, -0.25) is 14.5 Å². The minimum atomic E-state index is -0.210. The fourth-order valence-corrected chi connectivity index (χ4v) is 3.93. The topological polar surface area (TPSA) is 84.2 Å². The summed E-state index contributed by atoms with van der Waals surface area (Å²) in [5, 5.41) is 7.53. The van der Waals surface area contributed by atoms with E-state index in [9.17, 15) is 4.79 Å². The molecule has 1 saturated heterocycles. The second kappa shape index (κ2) is 9.10. The van der Waals surface area contributed by atoms with Crippen LogP contribution in [-0.2, 0) is 17.3 Å². The number of nitrogens with one attached hydrogen (secondary N) is 1. The average Bonchev–Trinajstić information content (AvgIpc) is 3.22. The molecule has 0 aliphatic carbocycles. The van der Waals surface area contributed by atoms with E-state index in [1.165, 1.54) is 0 Å². The van der Waals surface area contributed by atoms with Crippen molar-refractivity contribution in [1.29, 1.82) is 0 Å². The van der Waals surface area contributed by atoms with Gasteiger partial charge in [-0.05, 0) is 24.6 Å². The Morgan fingerprint density at radius 1 is 1.22 bits per heavy atom. The van der Waals surface area contributed by atoms with Gasteiger partial charge in [0.15, 0.2) is 17.5 Å². The third kappa shape index (κ3) is 4.66. The zero-order valence-electron chi connectivity index (χ0n) is 19.3. The second-order valence-electron chi connectivity index (χ2n) is 8.75. The maximum absolute atomic E-state index is 12.8. The molecule has 2 aliphatic heterocycles. The van der Waals surface area contributed by atoms with Crippen LogP contribution in [0.5, 0.6) is 11.5 Å². The maximum Gasteiger partial charge on any atom is 0.246 e. The molecule has 0 saturated carbocycles. The largest absolute Gasteiger partial charge is 0.486 e. The predicted molar refractivity (Wildman–Crippen MR) is 124 cm³/mol. The van der Waals surface area contributed by atoms with E-state index in [4.69, 9.17) is 14.5 Å². The quantitative estimate of drug-likeness (QED) is 0.564. The molecule has 4 rings (SSSR count). The molecule has 32 heavy (non-hydrogen) atoms. The SMILES string of the molecule is CCNC(=NCC(C)(C)c1ccc2c(c1)OCCO2)N1CCN(c2cnn(C)c2)C(=O)C1. The first-order chi connectivity index (χ1) is 15.4. The van der Waals surface area contributed by atoms with E-state index in [0.717, 1.165) is 35.3 Å². The van der Waals surface area contributed by atoms with Crippen LogP contribution in [-0.4, -0.2) is 72.5 Å². The monoisotopic (exact) mass is 440 g/mol. The molecule has 1 amide bonds. The number of anilines is 1. The summed E-state index contributed by atoms with van der Waals surface area (Å²) in [6.45, 7) is 10.4. The molecule has 0 unspecified atom stereocenters. The van der Waals surface area contributed by atoms with E-state index in [0.29, 0.717) is 32.8 Å². The molecule has 172 valence electrons. The van der Waals surface area contributed by atoms with Gasteiger partial charge in [-0.25, -0.2) is 0 Å². The fraction of sp³-hybridized carbons (Fsp3) is 0.522. The van der Waals surface area contributed by atoms with Crippen molar-refractivity contribution in [3.8, 4) is 11.5 Å². The van der Waals surface area contributed by atoms with Crippen LogP contribution < -0.4 is 19.7 Å². The highest BCUT2D eigenvalue weighted by molar-refractivity contribution is 5.98. The van der Waals surface area contributed by atoms with Crippen LogP contribution in [0.3, 0.4) is 0 Å². The molecule has 0 radical (unpaired) electrons. The Labute approximate surface area is 189 Å². The summed E-state index contributed by atoms with van der Waals surface area (Å²) >= 11 is 0. The summed E-state index contributed by atoms with van der Waals surface area (Å²) < 4.78 is 13.1. The molecule has 1 aromatic carbocycles. The van der Waals surface area contributed by atoms with Crippen molar-refractivity contribution in [2.24, 2.45) is 12.0 Å². The van der Waals surface area contributed by atoms with Crippen molar-refractivity contribution in [1.82, 2.24) is 20.0 Å². The predicted octanol–water partition coefficient (Wildman–Crippen LogP) is 1.78. The third-order valence-electron chi connectivity index (χ3n) is 5.81. The lowest BCUT2D eigenvalue weighted by Gasteiger charge is -2.36. The number of piperazine rings is 1. The van der Waals surface area contributed by atoms with Crippen LogP contribution in [0, 0.1) is 0 Å². The Kier molecular flexibility index (Phi) is 6.25. The summed E-state index contributed by atoms with van der Waals surface area (Å²) in [5.74, 6) is 2.38. The smallest absolute Gasteiger partial charge is 0.246 e. The molecule has 0 spiro atoms. The zero-order chi connectivity index (χ0) is 22.7. The summed E-state index contributed by atoms with van der Waals surface area (Å²) in [7, 11) is 1.85. The number of fused-ring (bicyclic) bond motifs is 1. The number of amides is 1. The highest BCUT2D eigenvalue weighted by atomic mass is 16.6. The molecule has 1 N–H and O–H groups in total. The van der Waals surface area contributed by atoms with Crippen LogP contribution in [0.1, 0.15) is 26.3 Å². The Balaban J connectivity index is 1.46. The number of aliphatic imine (C=N–C) groups is 1. The number of hydrogen-bond acceptors (Lipinski definition) is 5. The normalized spacial score (nSPS) is 17.0. The molecule has 3 heterocycles. The fourth-order valence-electron chi connectivity index (χ4n) is 3.93. The first kappa shape index (κ1) is 22.0. The Morgan fingerprint density at radius 3 is 2.69 bits per heavy atom. The van der Waals surface area contributed by atoms with Crippen molar-refractivity contribution < 1.29 is 14.3 Å². The Bertz CT molecular complexity index is 999. The maximum atomic E-state index is 12.8. The van der Waals surface area contributed by atoms with Gasteiger partial charge in [-0.15, -0.1) is 0 Å². The number of nitrogens with zero attached hydrogens (tertiary/aromatic N) is 5. The highest BCUT2D eigenvalue weighted by Crippen LogP contribution is 2.35. The van der Waals surface area contributed by atoms with E-state index < -0.39 is 0 Å². The van der Waals surface area contributed by atoms with E-state index in [1.54, 1.807) is 15.8 Å². The number of aromatic nitrogens is 2. The molecular weight excluding hydrogens is 408 g/mol. The first-order valence-corrected chi connectivity index (χ1v) is 11.1. The minimum absolute atomic E-state index is 0.0425. The average molecular weight is 441 g/mol. The molecule has 1 fully saturated rings. The van der Waals surface area contributed by atoms with Gasteiger partial charge in [0.1, 0.15) is 19.8 Å². The third-order valence-corrected chi connectivity index (χ3v) is 5.81. The van der Waals surface area contributed by atoms with Crippen LogP contribution in [0.15, 0.2) is 35.6 Å². The van der Waals surface area contributed by atoms with Crippen molar-refractivity contribution in [2.45, 2.75) is 26.2 Å². The van der Waals surface area contributed by atoms with Gasteiger partial charge in [0.2, 0.25) is 5.91 Å². The standard InChI is InChI=1S/C23H32N6O3/c1-5-24-22(28-8-9-29(21(30)15-28)18-13-26-27(4)14-18)25-16-23(2,3)17-6-7-19-20(12-17)32-11-10-31-19/h6-7,12-14H,5,8-11,15-16H2,1-4H3,(H,24,25). The van der Waals surface area contributed by atoms with Crippen molar-refractivity contribution in [3.05, 3.63) is 36.2 Å². The molecule has 9 heteroatoms. The van der Waals surface area contributed by atoms with E-state index in [-0.39, 0.29) is 17.9 Å². The Morgan fingerprint density at radius 2 is 2.00 bits per heavy atom. The van der Waals surface area contributed by atoms with Gasteiger partial charge in [-0.2, -0.15) is 5.10 Å². The van der Waals surface area contributed by atoms with E-state index in [1.807, 2.05) is 37.2 Å². The van der Waals surface area contributed by atoms with Gasteiger partial charge in [0.25, 0.3) is 0 Å². The number of aryl methyl sites for hydroxylation is 1. The van der Waals surface area contributed by atoms with Crippen LogP contribution in [0.25, 0.3) is 0 Å². The molecule has 9 nitrogen and oxygen atoms in total. The molecule has 2 aliphatic rings. The van der Waals surface area contributed by atoms with Gasteiger partial charge >= 0.3 is 0 Å². The van der Waals surface area contributed by atoms with Crippen LogP contribution in [0.4, 0.5) is 5.69 Å². The lowest BCUT2D eigenvalue weighted by atomic mass is 9.84. The minimum Gasteiger partial charge on any atom is -0.486 e. The molecule has 0 atom stereocenters. The number of benzene rings is 1. The summed E-state index contributed by atoms with van der Waals surface area (Å²) in [6.07, 6.45) is 3.59. The van der Waals surface area contributed by atoms with Crippen molar-refractivity contribution >= 4 is 17.6 Å². The lowest BCUT2D eigenvalue weighted by Crippen LogP contribution is -2.55. The van der Waals surface area contributed by atoms with Crippen LogP contribution in [0.2, 0.25) is 0 Å². The molecule has 0 bridgehead atoms. The molecule has 1 aromatic heterocycles. The van der Waals surface area contributed by atoms with Crippen molar-refractivity contribution in [2.75, 3.05) is 50.8 Å². The summed E-state index contributed by atoms with van der Waals surface area (Å²) in [4.78, 5) is 21.5. The second-order valence-corrected chi connectivity index (χ2v) is 8.75. The highest BCUT2D eigenvalue weighted by Gasteiger charge is 2.29. The number of hydrogen-bond donors (Lipinski definition) is 1. The molecule has 2 aromatic rings. The van der Waals surface area contributed by atoms with E-state index in [2.05, 4.69) is 30.3 Å². The number of carbonyl (C=O) groups excluding carboxylic acids is 1. The number of carbonyl (C=O) groups is 1.